The lowest BCUT2D eigenvalue weighted by Gasteiger charge is -2.51. The molecule has 0 atom stereocenters. The summed E-state index contributed by atoms with van der Waals surface area (Å²) < 4.78 is 5.69. The van der Waals surface area contributed by atoms with Gasteiger partial charge < -0.3 is 25.6 Å². The summed E-state index contributed by atoms with van der Waals surface area (Å²) in [6.07, 6.45) is 4.16. The van der Waals surface area contributed by atoms with Gasteiger partial charge in [0.15, 0.2) is 5.11 Å². The van der Waals surface area contributed by atoms with Gasteiger partial charge in [0.25, 0.3) is 0 Å². The molecule has 33 heavy (non-hydrogen) atoms. The van der Waals surface area contributed by atoms with E-state index in [0.29, 0.717) is 12.1 Å². The van der Waals surface area contributed by atoms with Crippen LogP contribution in [0.3, 0.4) is 0 Å². The Hall–Kier alpha value is -1.37. The van der Waals surface area contributed by atoms with Crippen molar-refractivity contribution in [2.24, 2.45) is 0 Å². The van der Waals surface area contributed by atoms with Crippen molar-refractivity contribution in [1.29, 1.82) is 0 Å². The molecule has 2 aliphatic rings. The van der Waals surface area contributed by atoms with E-state index >= 15 is 0 Å². The fourth-order valence-corrected chi connectivity index (χ4v) is 6.93. The molecule has 3 rings (SSSR count). The molecule has 5 nitrogen and oxygen atoms in total. The highest BCUT2D eigenvalue weighted by molar-refractivity contribution is 7.80. The molecule has 2 fully saturated rings. The third-order valence-corrected chi connectivity index (χ3v) is 7.27. The third-order valence-electron chi connectivity index (χ3n) is 6.92. The van der Waals surface area contributed by atoms with E-state index in [2.05, 4.69) is 88.4 Å². The summed E-state index contributed by atoms with van der Waals surface area (Å²) >= 11 is 6.15. The largest absolute Gasteiger partial charge is 0.496 e. The van der Waals surface area contributed by atoms with E-state index in [9.17, 15) is 0 Å². The highest BCUT2D eigenvalue weighted by atomic mass is 32.1. The van der Waals surface area contributed by atoms with Crippen LogP contribution in [0.5, 0.6) is 5.75 Å². The predicted octanol–water partition coefficient (Wildman–Crippen LogP) is 4.99. The van der Waals surface area contributed by atoms with Crippen molar-refractivity contribution >= 4 is 17.3 Å². The number of methoxy groups -OCH3 is 1. The van der Waals surface area contributed by atoms with Crippen LogP contribution >= 0.6 is 12.2 Å². The molecule has 0 aromatic heterocycles. The molecule has 3 N–H and O–H groups in total. The number of hydrogen-bond donors (Lipinski definition) is 3. The van der Waals surface area contributed by atoms with Gasteiger partial charge in [-0.25, -0.2) is 0 Å². The van der Waals surface area contributed by atoms with Gasteiger partial charge in [-0.15, -0.1) is 0 Å². The van der Waals surface area contributed by atoms with Gasteiger partial charge in [-0.3, -0.25) is 0 Å². The molecule has 0 bridgehead atoms. The van der Waals surface area contributed by atoms with E-state index in [1.807, 2.05) is 12.1 Å². The van der Waals surface area contributed by atoms with Crippen LogP contribution in [0.15, 0.2) is 24.3 Å². The molecular weight excluding hydrogens is 428 g/mol. The van der Waals surface area contributed by atoms with Crippen LogP contribution in [0.1, 0.15) is 86.6 Å². The SMILES string of the molecule is COc1ccccc1CN(C(=S)NC1CC(C)(C)NC(C)(C)C1)C1CC(C)(C)NC(C)(C)C1. The van der Waals surface area contributed by atoms with E-state index in [-0.39, 0.29) is 22.2 Å². The molecule has 1 aromatic rings. The van der Waals surface area contributed by atoms with Crippen molar-refractivity contribution in [3.8, 4) is 5.75 Å². The smallest absolute Gasteiger partial charge is 0.169 e. The maximum Gasteiger partial charge on any atom is 0.169 e. The summed E-state index contributed by atoms with van der Waals surface area (Å²) in [4.78, 5) is 2.43. The van der Waals surface area contributed by atoms with Crippen LogP contribution in [-0.4, -0.2) is 51.4 Å². The van der Waals surface area contributed by atoms with Crippen molar-refractivity contribution < 1.29 is 4.74 Å². The molecule has 6 heteroatoms. The first-order valence-electron chi connectivity index (χ1n) is 12.4. The van der Waals surface area contributed by atoms with E-state index in [1.54, 1.807) is 7.11 Å². The van der Waals surface area contributed by atoms with Crippen LogP contribution < -0.4 is 20.7 Å². The van der Waals surface area contributed by atoms with E-state index in [0.717, 1.165) is 43.1 Å². The molecular formula is C27H46N4OS. The maximum absolute atomic E-state index is 6.15. The van der Waals surface area contributed by atoms with Gasteiger partial charge in [0.2, 0.25) is 0 Å². The van der Waals surface area contributed by atoms with Crippen LogP contribution in [0.4, 0.5) is 0 Å². The van der Waals surface area contributed by atoms with Crippen LogP contribution in [0.25, 0.3) is 0 Å². The molecule has 2 heterocycles. The number of ether oxygens (including phenoxy) is 1. The fourth-order valence-electron chi connectivity index (χ4n) is 6.55. The Morgan fingerprint density at radius 3 is 1.91 bits per heavy atom. The Labute approximate surface area is 207 Å². The van der Waals surface area contributed by atoms with E-state index in [1.165, 1.54) is 5.56 Å². The van der Waals surface area contributed by atoms with Crippen molar-refractivity contribution in [3.63, 3.8) is 0 Å². The summed E-state index contributed by atoms with van der Waals surface area (Å²) in [6, 6.07) is 8.98. The second-order valence-corrected chi connectivity index (χ2v) is 13.2. The Morgan fingerprint density at radius 1 is 0.909 bits per heavy atom. The zero-order chi connectivity index (χ0) is 24.7. The number of nitrogens with zero attached hydrogens (tertiary/aromatic N) is 1. The molecule has 0 spiro atoms. The number of para-hydroxylation sites is 1. The zero-order valence-electron chi connectivity index (χ0n) is 22.3. The van der Waals surface area contributed by atoms with Gasteiger partial charge in [0, 0.05) is 46.3 Å². The lowest BCUT2D eigenvalue weighted by atomic mass is 9.78. The Morgan fingerprint density at radius 2 is 1.39 bits per heavy atom. The molecule has 0 saturated carbocycles. The minimum Gasteiger partial charge on any atom is -0.496 e. The van der Waals surface area contributed by atoms with Gasteiger partial charge in [0.05, 0.1) is 7.11 Å². The number of thiocarbonyl (C=S) groups is 1. The molecule has 2 saturated heterocycles. The van der Waals surface area contributed by atoms with Crippen LogP contribution in [0.2, 0.25) is 0 Å². The summed E-state index contributed by atoms with van der Waals surface area (Å²) in [6.45, 7) is 19.1. The monoisotopic (exact) mass is 474 g/mol. The van der Waals surface area contributed by atoms with Crippen molar-refractivity contribution in [1.82, 2.24) is 20.9 Å². The van der Waals surface area contributed by atoms with Crippen molar-refractivity contribution in [2.45, 2.75) is 122 Å². The first-order chi connectivity index (χ1) is 15.1. The van der Waals surface area contributed by atoms with Gasteiger partial charge in [-0.1, -0.05) is 18.2 Å². The average molecular weight is 475 g/mol. The van der Waals surface area contributed by atoms with Crippen molar-refractivity contribution in [2.75, 3.05) is 7.11 Å². The summed E-state index contributed by atoms with van der Waals surface area (Å²) in [7, 11) is 1.75. The molecule has 0 aliphatic carbocycles. The predicted molar refractivity (Wildman–Crippen MR) is 143 cm³/mol. The Bertz CT molecular complexity index is 816. The molecule has 2 aliphatic heterocycles. The van der Waals surface area contributed by atoms with Gasteiger partial charge in [-0.2, -0.15) is 0 Å². The topological polar surface area (TPSA) is 48.6 Å². The first kappa shape index (κ1) is 26.2. The minimum absolute atomic E-state index is 0.0415. The maximum atomic E-state index is 6.15. The number of hydrogen-bond acceptors (Lipinski definition) is 4. The van der Waals surface area contributed by atoms with Crippen LogP contribution in [-0.2, 0) is 6.54 Å². The molecule has 0 unspecified atom stereocenters. The highest BCUT2D eigenvalue weighted by Gasteiger charge is 2.42. The standard InChI is InChI=1S/C27H46N4OS/c1-24(2)14-20(15-25(3,4)29-24)28-23(33)31(18-19-12-10-11-13-22(19)32-9)21-16-26(5,6)30-27(7,8)17-21/h10-13,20-21,29-30H,14-18H2,1-9H3,(H,28,33). The van der Waals surface area contributed by atoms with Gasteiger partial charge >= 0.3 is 0 Å². The quantitative estimate of drug-likeness (QED) is 0.523. The molecule has 0 amide bonds. The van der Waals surface area contributed by atoms with E-state index < -0.39 is 0 Å². The second kappa shape index (κ2) is 9.35. The lowest BCUT2D eigenvalue weighted by molar-refractivity contribution is 0.0969. The molecule has 186 valence electrons. The Kier molecular flexibility index (Phi) is 7.43. The average Bonchev–Trinajstić information content (AvgIpc) is 2.61. The highest BCUT2D eigenvalue weighted by Crippen LogP contribution is 2.34. The summed E-state index contributed by atoms with van der Waals surface area (Å²) in [5.74, 6) is 0.918. The summed E-state index contributed by atoms with van der Waals surface area (Å²) in [5.41, 5.74) is 1.39. The Balaban J connectivity index is 1.88. The normalized spacial score (nSPS) is 24.2. The third kappa shape index (κ3) is 7.06. The number of nitrogens with one attached hydrogen (secondary N) is 3. The minimum atomic E-state index is 0.0415. The lowest BCUT2D eigenvalue weighted by Crippen LogP contribution is -2.65. The molecule has 0 radical (unpaired) electrons. The number of benzene rings is 1. The number of piperidine rings is 2. The van der Waals surface area contributed by atoms with Crippen molar-refractivity contribution in [3.05, 3.63) is 29.8 Å². The van der Waals surface area contributed by atoms with E-state index in [4.69, 9.17) is 17.0 Å². The van der Waals surface area contributed by atoms with Gasteiger partial charge in [0.1, 0.15) is 5.75 Å². The second-order valence-electron chi connectivity index (χ2n) is 12.8. The fraction of sp³-hybridized carbons (Fsp3) is 0.741. The summed E-state index contributed by atoms with van der Waals surface area (Å²) in [5, 5.41) is 12.3. The first-order valence-corrected chi connectivity index (χ1v) is 12.8. The van der Waals surface area contributed by atoms with Crippen LogP contribution in [0, 0.1) is 0 Å². The zero-order valence-corrected chi connectivity index (χ0v) is 23.1. The van der Waals surface area contributed by atoms with Gasteiger partial charge in [-0.05, 0) is 99.4 Å². The number of rotatable bonds is 5. The molecule has 1 aromatic carbocycles.